The van der Waals surface area contributed by atoms with Gasteiger partial charge in [0.05, 0.1) is 5.69 Å². The lowest BCUT2D eigenvalue weighted by atomic mass is 9.92. The fraction of sp³-hybridized carbons (Fsp3) is 0.714. The average Bonchev–Trinajstić information content (AvgIpc) is 2.40. The Hall–Kier alpha value is -1.54. The molecule has 124 valence electrons. The summed E-state index contributed by atoms with van der Waals surface area (Å²) in [7, 11) is 5.66. The molecule has 0 radical (unpaired) electrons. The molecule has 0 aromatic carbocycles. The van der Waals surface area contributed by atoms with Crippen LogP contribution in [0.4, 0.5) is 20.5 Å². The lowest BCUT2D eigenvalue weighted by Crippen LogP contribution is -2.32. The lowest BCUT2D eigenvalue weighted by Gasteiger charge is -2.29. The van der Waals surface area contributed by atoms with Crippen LogP contribution in [-0.4, -0.2) is 48.0 Å². The van der Waals surface area contributed by atoms with Gasteiger partial charge in [-0.1, -0.05) is 0 Å². The number of halogens is 2. The van der Waals surface area contributed by atoms with Crippen molar-refractivity contribution in [2.24, 2.45) is 0 Å². The maximum absolute atomic E-state index is 13.2. The number of nitrogens with zero attached hydrogens (tertiary/aromatic N) is 3. The van der Waals surface area contributed by atoms with E-state index in [0.29, 0.717) is 31.2 Å². The summed E-state index contributed by atoms with van der Waals surface area (Å²) < 4.78 is 26.4. The highest BCUT2D eigenvalue weighted by Crippen LogP contribution is 2.34. The van der Waals surface area contributed by atoms with Crippen LogP contribution in [0.25, 0.3) is 0 Å². The van der Waals surface area contributed by atoms with E-state index in [1.807, 2.05) is 25.1 Å². The first-order chi connectivity index (χ1) is 10.4. The average molecular weight is 314 g/mol. The molecule has 3 N–H and O–H groups in total. The summed E-state index contributed by atoms with van der Waals surface area (Å²) in [5, 5.41) is 3.26. The largest absolute Gasteiger partial charge is 0.367 e. The Kier molecular flexibility index (Phi) is 5.47. The Balaban J connectivity index is 2.07. The van der Waals surface area contributed by atoms with Crippen LogP contribution < -0.4 is 16.2 Å². The lowest BCUT2D eigenvalue weighted by molar-refractivity contribution is -0.0361. The molecular weight excluding hydrogens is 290 g/mol. The summed E-state index contributed by atoms with van der Waals surface area (Å²) >= 11 is 0. The molecule has 0 spiro atoms. The summed E-state index contributed by atoms with van der Waals surface area (Å²) in [6.45, 7) is 0.679. The van der Waals surface area contributed by atoms with Gasteiger partial charge in [0.15, 0.2) is 0 Å². The number of hydrazine groups is 1. The number of hydrogen-bond donors (Lipinski definition) is 3. The van der Waals surface area contributed by atoms with E-state index in [0.717, 1.165) is 5.69 Å². The van der Waals surface area contributed by atoms with Gasteiger partial charge in [-0.05, 0) is 26.9 Å². The second kappa shape index (κ2) is 7.15. The topological polar surface area (TPSA) is 65.1 Å². The second-order valence-electron chi connectivity index (χ2n) is 5.96. The molecule has 1 saturated carbocycles. The summed E-state index contributed by atoms with van der Waals surface area (Å²) in [5.74, 6) is -1.39. The van der Waals surface area contributed by atoms with Gasteiger partial charge < -0.3 is 10.2 Å². The first kappa shape index (κ1) is 16.8. The minimum atomic E-state index is -2.52. The molecular formula is C14H24F2N6. The monoisotopic (exact) mass is 314 g/mol. The maximum atomic E-state index is 13.2. The molecule has 0 aliphatic heterocycles. The molecule has 1 aliphatic carbocycles. The van der Waals surface area contributed by atoms with E-state index in [2.05, 4.69) is 26.1 Å². The molecule has 0 atom stereocenters. The van der Waals surface area contributed by atoms with Gasteiger partial charge in [0.25, 0.3) is 0 Å². The van der Waals surface area contributed by atoms with Crippen molar-refractivity contribution in [2.75, 3.05) is 31.9 Å². The zero-order valence-corrected chi connectivity index (χ0v) is 13.3. The Morgan fingerprint density at radius 1 is 1.27 bits per heavy atom. The fourth-order valence-corrected chi connectivity index (χ4v) is 2.54. The van der Waals surface area contributed by atoms with Crippen molar-refractivity contribution in [3.8, 4) is 0 Å². The number of anilines is 2. The van der Waals surface area contributed by atoms with Crippen molar-refractivity contribution in [3.63, 3.8) is 0 Å². The first-order valence-electron chi connectivity index (χ1n) is 7.48. The van der Waals surface area contributed by atoms with E-state index in [1.54, 1.807) is 7.05 Å². The van der Waals surface area contributed by atoms with Gasteiger partial charge in [-0.3, -0.25) is 5.43 Å². The standard InChI is InChI=1S/C14H24F2N6/c1-17-21-13-19-11(9-22(2)3)8-12(20-13)18-10-4-6-14(15,16)7-5-10/h8,10,17H,4-7,9H2,1-3H3,(H2,18,19,20,21). The van der Waals surface area contributed by atoms with Crippen LogP contribution in [-0.2, 0) is 6.54 Å². The minimum absolute atomic E-state index is 0.0316. The molecule has 0 unspecified atom stereocenters. The van der Waals surface area contributed by atoms with E-state index < -0.39 is 5.92 Å². The SMILES string of the molecule is CNNc1nc(CN(C)C)cc(NC2CCC(F)(F)CC2)n1. The van der Waals surface area contributed by atoms with Crippen molar-refractivity contribution in [1.29, 1.82) is 0 Å². The highest BCUT2D eigenvalue weighted by molar-refractivity contribution is 5.43. The predicted molar refractivity (Wildman–Crippen MR) is 82.9 cm³/mol. The quantitative estimate of drug-likeness (QED) is 0.699. The highest BCUT2D eigenvalue weighted by Gasteiger charge is 2.34. The zero-order chi connectivity index (χ0) is 16.2. The first-order valence-corrected chi connectivity index (χ1v) is 7.48. The smallest absolute Gasteiger partial charge is 0.248 e. The molecule has 1 fully saturated rings. The molecule has 0 saturated heterocycles. The summed E-state index contributed by atoms with van der Waals surface area (Å²) in [5.41, 5.74) is 6.51. The van der Waals surface area contributed by atoms with Crippen LogP contribution in [0, 0.1) is 0 Å². The number of alkyl halides is 2. The number of nitrogens with one attached hydrogen (secondary N) is 3. The van der Waals surface area contributed by atoms with Gasteiger partial charge in [-0.25, -0.2) is 19.2 Å². The Morgan fingerprint density at radius 2 is 1.95 bits per heavy atom. The van der Waals surface area contributed by atoms with Crippen LogP contribution in [0.1, 0.15) is 31.4 Å². The maximum Gasteiger partial charge on any atom is 0.248 e. The van der Waals surface area contributed by atoms with Crippen molar-refractivity contribution in [2.45, 2.75) is 44.2 Å². The van der Waals surface area contributed by atoms with Gasteiger partial charge in [0.1, 0.15) is 5.82 Å². The molecule has 0 amide bonds. The highest BCUT2D eigenvalue weighted by atomic mass is 19.3. The third kappa shape index (κ3) is 5.03. The number of aromatic nitrogens is 2. The third-order valence-electron chi connectivity index (χ3n) is 3.56. The van der Waals surface area contributed by atoms with Crippen molar-refractivity contribution in [1.82, 2.24) is 20.3 Å². The number of hydrogen-bond acceptors (Lipinski definition) is 6. The van der Waals surface area contributed by atoms with E-state index >= 15 is 0 Å². The molecule has 1 aliphatic rings. The van der Waals surface area contributed by atoms with Gasteiger partial charge in [0, 0.05) is 38.5 Å². The molecule has 1 aromatic heterocycles. The van der Waals surface area contributed by atoms with Crippen LogP contribution in [0.15, 0.2) is 6.07 Å². The van der Waals surface area contributed by atoms with E-state index in [4.69, 9.17) is 0 Å². The van der Waals surface area contributed by atoms with Crippen LogP contribution in [0.3, 0.4) is 0 Å². The Bertz CT molecular complexity index is 484. The zero-order valence-electron chi connectivity index (χ0n) is 13.3. The molecule has 22 heavy (non-hydrogen) atoms. The normalized spacial score (nSPS) is 18.5. The minimum Gasteiger partial charge on any atom is -0.367 e. The predicted octanol–water partition coefficient (Wildman–Crippen LogP) is 2.07. The van der Waals surface area contributed by atoms with Crippen molar-refractivity contribution >= 4 is 11.8 Å². The van der Waals surface area contributed by atoms with Crippen molar-refractivity contribution in [3.05, 3.63) is 11.8 Å². The molecule has 2 rings (SSSR count). The van der Waals surface area contributed by atoms with Gasteiger partial charge in [0.2, 0.25) is 11.9 Å². The van der Waals surface area contributed by atoms with Crippen molar-refractivity contribution < 1.29 is 8.78 Å². The van der Waals surface area contributed by atoms with Crippen LogP contribution in [0.5, 0.6) is 0 Å². The van der Waals surface area contributed by atoms with Gasteiger partial charge >= 0.3 is 0 Å². The molecule has 0 bridgehead atoms. The molecule has 6 nitrogen and oxygen atoms in total. The Morgan fingerprint density at radius 3 is 2.55 bits per heavy atom. The van der Waals surface area contributed by atoms with Crippen LogP contribution >= 0.6 is 0 Å². The summed E-state index contributed by atoms with van der Waals surface area (Å²) in [4.78, 5) is 10.8. The number of rotatable bonds is 6. The molecule has 1 aromatic rings. The summed E-state index contributed by atoms with van der Waals surface area (Å²) in [6.07, 6.45) is 0.771. The van der Waals surface area contributed by atoms with Gasteiger partial charge in [-0.2, -0.15) is 4.98 Å². The van der Waals surface area contributed by atoms with Gasteiger partial charge in [-0.15, -0.1) is 0 Å². The third-order valence-corrected chi connectivity index (χ3v) is 3.56. The summed E-state index contributed by atoms with van der Waals surface area (Å²) in [6, 6.07) is 1.90. The Labute approximate surface area is 129 Å². The van der Waals surface area contributed by atoms with E-state index in [1.165, 1.54) is 0 Å². The van der Waals surface area contributed by atoms with E-state index in [9.17, 15) is 8.78 Å². The molecule has 1 heterocycles. The fourth-order valence-electron chi connectivity index (χ4n) is 2.54. The van der Waals surface area contributed by atoms with E-state index in [-0.39, 0.29) is 18.9 Å². The molecule has 8 heteroatoms. The van der Waals surface area contributed by atoms with Crippen LogP contribution in [0.2, 0.25) is 0 Å². The second-order valence-corrected chi connectivity index (χ2v) is 5.96.